The second kappa shape index (κ2) is 7.73. The lowest BCUT2D eigenvalue weighted by atomic mass is 10.1. The van der Waals surface area contributed by atoms with Crippen LogP contribution >= 0.6 is 39.3 Å². The molecule has 8 heteroatoms. The fraction of sp³-hybridized carbons (Fsp3) is 0.0556. The van der Waals surface area contributed by atoms with E-state index in [9.17, 15) is 18.8 Å². The van der Waals surface area contributed by atoms with E-state index in [0.717, 1.165) is 16.7 Å². The van der Waals surface area contributed by atoms with Gasteiger partial charge in [-0.25, -0.2) is 4.39 Å². The highest BCUT2D eigenvalue weighted by Crippen LogP contribution is 2.33. The first-order chi connectivity index (χ1) is 12.3. The molecule has 2 amide bonds. The Bertz CT molecular complexity index is 946. The van der Waals surface area contributed by atoms with Crippen molar-refractivity contribution < 1.29 is 18.8 Å². The van der Waals surface area contributed by atoms with Gasteiger partial charge in [0.1, 0.15) is 5.82 Å². The summed E-state index contributed by atoms with van der Waals surface area (Å²) in [6.07, 6.45) is 1.49. The van der Waals surface area contributed by atoms with Crippen LogP contribution in [0, 0.1) is 5.82 Å². The monoisotopic (exact) mass is 453 g/mol. The normalized spacial score (nSPS) is 15.8. The SMILES string of the molecule is O=C(CN1C(=O)S/C(=C/c2ccc(F)c(Br)c2)C1=O)c1ccc(Cl)cc1. The van der Waals surface area contributed by atoms with E-state index in [1.807, 2.05) is 0 Å². The lowest BCUT2D eigenvalue weighted by Crippen LogP contribution is -2.33. The van der Waals surface area contributed by atoms with Crippen molar-refractivity contribution in [2.75, 3.05) is 6.54 Å². The molecular formula is C18H10BrClFNO3S. The molecule has 1 saturated heterocycles. The molecule has 0 aliphatic carbocycles. The maximum Gasteiger partial charge on any atom is 0.293 e. The van der Waals surface area contributed by atoms with Crippen molar-refractivity contribution in [3.8, 4) is 0 Å². The van der Waals surface area contributed by atoms with Gasteiger partial charge in [-0.2, -0.15) is 0 Å². The summed E-state index contributed by atoms with van der Waals surface area (Å²) < 4.78 is 13.5. The standard InChI is InChI=1S/C18H10BrClFNO3S/c19-13-7-10(1-6-14(13)21)8-16-17(24)22(18(25)26-16)9-15(23)11-2-4-12(20)5-3-11/h1-8H,9H2/b16-8+. The molecule has 0 radical (unpaired) electrons. The Morgan fingerprint density at radius 1 is 1.19 bits per heavy atom. The van der Waals surface area contributed by atoms with Crippen LogP contribution in [0.3, 0.4) is 0 Å². The number of thioether (sulfide) groups is 1. The first-order valence-corrected chi connectivity index (χ1v) is 9.33. The molecule has 1 aliphatic heterocycles. The topological polar surface area (TPSA) is 54.5 Å². The molecular weight excluding hydrogens is 445 g/mol. The predicted molar refractivity (Wildman–Crippen MR) is 103 cm³/mol. The van der Waals surface area contributed by atoms with Crippen LogP contribution in [0.15, 0.2) is 51.8 Å². The van der Waals surface area contributed by atoms with Gasteiger partial charge in [0.25, 0.3) is 11.1 Å². The van der Waals surface area contributed by atoms with Crippen LogP contribution in [0.4, 0.5) is 9.18 Å². The average Bonchev–Trinajstić information content (AvgIpc) is 2.86. The van der Waals surface area contributed by atoms with Gasteiger partial charge in [0.15, 0.2) is 5.78 Å². The number of hydrogen-bond acceptors (Lipinski definition) is 4. The Labute approximate surface area is 166 Å². The Hall–Kier alpha value is -1.96. The molecule has 3 rings (SSSR count). The summed E-state index contributed by atoms with van der Waals surface area (Å²) in [7, 11) is 0. The zero-order valence-corrected chi connectivity index (χ0v) is 16.2. The molecule has 0 bridgehead atoms. The number of carbonyl (C=O) groups excluding carboxylic acids is 3. The predicted octanol–water partition coefficient (Wildman–Crippen LogP) is 5.16. The molecule has 0 spiro atoms. The molecule has 132 valence electrons. The summed E-state index contributed by atoms with van der Waals surface area (Å²) in [6, 6.07) is 10.5. The number of carbonyl (C=O) groups is 3. The van der Waals surface area contributed by atoms with Crippen molar-refractivity contribution >= 4 is 62.3 Å². The Morgan fingerprint density at radius 3 is 2.54 bits per heavy atom. The molecule has 1 fully saturated rings. The molecule has 2 aromatic carbocycles. The fourth-order valence-electron chi connectivity index (χ4n) is 2.26. The van der Waals surface area contributed by atoms with E-state index >= 15 is 0 Å². The molecule has 26 heavy (non-hydrogen) atoms. The molecule has 0 N–H and O–H groups in total. The largest absolute Gasteiger partial charge is 0.293 e. The average molecular weight is 455 g/mol. The van der Waals surface area contributed by atoms with Crippen molar-refractivity contribution in [3.63, 3.8) is 0 Å². The van der Waals surface area contributed by atoms with Crippen molar-refractivity contribution in [3.05, 3.63) is 73.8 Å². The van der Waals surface area contributed by atoms with Gasteiger partial charge in [0.2, 0.25) is 0 Å². The van der Waals surface area contributed by atoms with Crippen LogP contribution < -0.4 is 0 Å². The van der Waals surface area contributed by atoms with Gasteiger partial charge in [0, 0.05) is 10.6 Å². The molecule has 4 nitrogen and oxygen atoms in total. The Kier molecular flexibility index (Phi) is 5.60. The number of benzene rings is 2. The zero-order valence-electron chi connectivity index (χ0n) is 13.0. The van der Waals surface area contributed by atoms with Crippen molar-refractivity contribution in [2.24, 2.45) is 0 Å². The van der Waals surface area contributed by atoms with Crippen LogP contribution in [0.25, 0.3) is 6.08 Å². The van der Waals surface area contributed by atoms with Gasteiger partial charge in [-0.3, -0.25) is 19.3 Å². The molecule has 1 aliphatic rings. The zero-order chi connectivity index (χ0) is 18.8. The molecule has 0 unspecified atom stereocenters. The summed E-state index contributed by atoms with van der Waals surface area (Å²) in [5, 5.41) is -0.0363. The van der Waals surface area contributed by atoms with Crippen LogP contribution in [0.5, 0.6) is 0 Å². The van der Waals surface area contributed by atoms with E-state index in [-0.39, 0.29) is 21.7 Å². The number of nitrogens with zero attached hydrogens (tertiary/aromatic N) is 1. The lowest BCUT2D eigenvalue weighted by molar-refractivity contribution is -0.122. The number of rotatable bonds is 4. The summed E-state index contributed by atoms with van der Waals surface area (Å²) >= 11 is 9.60. The second-order valence-corrected chi connectivity index (χ2v) is 7.66. The van der Waals surface area contributed by atoms with Gasteiger partial charge >= 0.3 is 0 Å². The highest BCUT2D eigenvalue weighted by Gasteiger charge is 2.36. The summed E-state index contributed by atoms with van der Waals surface area (Å²) in [5.41, 5.74) is 0.924. The maximum absolute atomic E-state index is 13.3. The minimum absolute atomic E-state index is 0.178. The van der Waals surface area contributed by atoms with Gasteiger partial charge in [-0.15, -0.1) is 0 Å². The van der Waals surface area contributed by atoms with Crippen LogP contribution in [-0.2, 0) is 4.79 Å². The Morgan fingerprint density at radius 2 is 1.88 bits per heavy atom. The van der Waals surface area contributed by atoms with Gasteiger partial charge in [0.05, 0.1) is 15.9 Å². The van der Waals surface area contributed by atoms with Crippen molar-refractivity contribution in [1.82, 2.24) is 4.90 Å². The van der Waals surface area contributed by atoms with Crippen molar-refractivity contribution in [2.45, 2.75) is 0 Å². The first kappa shape index (κ1) is 18.8. The van der Waals surface area contributed by atoms with Crippen LogP contribution in [0.1, 0.15) is 15.9 Å². The van der Waals surface area contributed by atoms with Gasteiger partial charge < -0.3 is 0 Å². The van der Waals surface area contributed by atoms with E-state index < -0.39 is 17.0 Å². The Balaban J connectivity index is 1.78. The molecule has 2 aromatic rings. The number of halogens is 3. The number of ketones is 1. The van der Waals surface area contributed by atoms with Crippen molar-refractivity contribution in [1.29, 1.82) is 0 Å². The number of amides is 2. The first-order valence-electron chi connectivity index (χ1n) is 7.34. The summed E-state index contributed by atoms with van der Waals surface area (Å²) in [4.78, 5) is 37.9. The second-order valence-electron chi connectivity index (χ2n) is 5.37. The maximum atomic E-state index is 13.3. The third-order valence-corrected chi connectivity index (χ3v) is 5.35. The van der Waals surface area contributed by atoms with Crippen LogP contribution in [0.2, 0.25) is 5.02 Å². The summed E-state index contributed by atoms with van der Waals surface area (Å²) in [5.74, 6) is -1.35. The minimum Gasteiger partial charge on any atom is -0.292 e. The van der Waals surface area contributed by atoms with E-state index in [2.05, 4.69) is 15.9 Å². The quantitative estimate of drug-likeness (QED) is 0.473. The smallest absolute Gasteiger partial charge is 0.292 e. The molecule has 0 atom stereocenters. The molecule has 1 heterocycles. The number of hydrogen-bond donors (Lipinski definition) is 0. The summed E-state index contributed by atoms with van der Waals surface area (Å²) in [6.45, 7) is -0.350. The van der Waals surface area contributed by atoms with E-state index in [4.69, 9.17) is 11.6 Å². The molecule has 0 saturated carbocycles. The number of Topliss-reactive ketones (excluding diaryl/α,β-unsaturated/α-hetero) is 1. The molecule has 0 aromatic heterocycles. The highest BCUT2D eigenvalue weighted by atomic mass is 79.9. The van der Waals surface area contributed by atoms with Crippen LogP contribution in [-0.4, -0.2) is 28.4 Å². The van der Waals surface area contributed by atoms with Gasteiger partial charge in [-0.05, 0) is 75.7 Å². The minimum atomic E-state index is -0.553. The van der Waals surface area contributed by atoms with E-state index in [1.54, 1.807) is 12.1 Å². The third kappa shape index (κ3) is 4.06. The lowest BCUT2D eigenvalue weighted by Gasteiger charge is -2.11. The van der Waals surface area contributed by atoms with Gasteiger partial charge in [-0.1, -0.05) is 17.7 Å². The van der Waals surface area contributed by atoms with E-state index in [0.29, 0.717) is 16.1 Å². The third-order valence-electron chi connectivity index (χ3n) is 3.58. The highest BCUT2D eigenvalue weighted by molar-refractivity contribution is 9.10. The number of imide groups is 1. The fourth-order valence-corrected chi connectivity index (χ4v) is 3.62. The van der Waals surface area contributed by atoms with E-state index in [1.165, 1.54) is 36.4 Å².